The highest BCUT2D eigenvalue weighted by atomic mass is 19.1. The molecule has 3 aromatic rings. The van der Waals surface area contributed by atoms with Crippen LogP contribution in [0.2, 0.25) is 0 Å². The number of hydrogen-bond donors (Lipinski definition) is 1. The van der Waals surface area contributed by atoms with Crippen LogP contribution in [0.25, 0.3) is 0 Å². The summed E-state index contributed by atoms with van der Waals surface area (Å²) in [6.45, 7) is 5.12. The van der Waals surface area contributed by atoms with E-state index < -0.39 is 0 Å². The molecule has 2 heterocycles. The predicted molar refractivity (Wildman–Crippen MR) is 139 cm³/mol. The third kappa shape index (κ3) is 5.20. The highest BCUT2D eigenvalue weighted by Gasteiger charge is 2.28. The molecule has 2 aliphatic rings. The molecular formula is C29H33FN4O2. The van der Waals surface area contributed by atoms with E-state index in [1.54, 1.807) is 12.1 Å². The van der Waals surface area contributed by atoms with Gasteiger partial charge in [0.2, 0.25) is 5.95 Å². The van der Waals surface area contributed by atoms with E-state index >= 15 is 0 Å². The van der Waals surface area contributed by atoms with E-state index in [0.29, 0.717) is 17.3 Å². The van der Waals surface area contributed by atoms with Crippen molar-refractivity contribution in [1.82, 2.24) is 9.97 Å². The van der Waals surface area contributed by atoms with E-state index in [1.165, 1.54) is 29.7 Å². The van der Waals surface area contributed by atoms with Crippen LogP contribution in [0.5, 0.6) is 0 Å². The van der Waals surface area contributed by atoms with Gasteiger partial charge < -0.3 is 15.0 Å². The van der Waals surface area contributed by atoms with Gasteiger partial charge in [0.05, 0.1) is 17.7 Å². The van der Waals surface area contributed by atoms with Crippen molar-refractivity contribution in [3.8, 4) is 0 Å². The molecule has 7 heteroatoms. The second-order valence-corrected chi connectivity index (χ2v) is 9.84. The van der Waals surface area contributed by atoms with Gasteiger partial charge in [0.15, 0.2) is 0 Å². The maximum Gasteiger partial charge on any atom is 0.309 e. The van der Waals surface area contributed by atoms with Gasteiger partial charge in [-0.25, -0.2) is 9.37 Å². The fourth-order valence-corrected chi connectivity index (χ4v) is 5.35. The average Bonchev–Trinajstić information content (AvgIpc) is 2.91. The number of halogens is 1. The summed E-state index contributed by atoms with van der Waals surface area (Å²) in [4.78, 5) is 24.6. The summed E-state index contributed by atoms with van der Waals surface area (Å²) in [5.41, 5.74) is 4.93. The molecule has 1 unspecified atom stereocenters. The topological polar surface area (TPSA) is 67.3 Å². The molecule has 0 amide bonds. The van der Waals surface area contributed by atoms with E-state index in [4.69, 9.17) is 14.7 Å². The Morgan fingerprint density at radius 1 is 1.08 bits per heavy atom. The van der Waals surface area contributed by atoms with Crippen molar-refractivity contribution in [3.63, 3.8) is 0 Å². The van der Waals surface area contributed by atoms with E-state index in [2.05, 4.69) is 41.4 Å². The minimum Gasteiger partial charge on any atom is -0.459 e. The zero-order valence-electron chi connectivity index (χ0n) is 21.0. The summed E-state index contributed by atoms with van der Waals surface area (Å²) in [5.74, 6) is 0.762. The lowest BCUT2D eigenvalue weighted by molar-refractivity contribution is -0.151. The molecule has 6 nitrogen and oxygen atoms in total. The molecule has 1 saturated carbocycles. The van der Waals surface area contributed by atoms with Gasteiger partial charge in [0.25, 0.3) is 0 Å². The van der Waals surface area contributed by atoms with Gasteiger partial charge in [-0.1, -0.05) is 43.5 Å². The van der Waals surface area contributed by atoms with E-state index in [0.717, 1.165) is 50.0 Å². The van der Waals surface area contributed by atoms with Crippen LogP contribution in [-0.4, -0.2) is 22.5 Å². The van der Waals surface area contributed by atoms with Crippen LogP contribution in [0.4, 0.5) is 21.8 Å². The van der Waals surface area contributed by atoms with Crippen LogP contribution < -0.4 is 10.2 Å². The Hall–Kier alpha value is -3.48. The first-order chi connectivity index (χ1) is 17.5. The number of nitrogens with one attached hydrogen (secondary N) is 1. The number of fused-ring (bicyclic) bond motifs is 1. The molecule has 1 aliphatic heterocycles. The molecule has 36 heavy (non-hydrogen) atoms. The highest BCUT2D eigenvalue weighted by Crippen LogP contribution is 2.35. The van der Waals surface area contributed by atoms with Gasteiger partial charge in [-0.05, 0) is 68.5 Å². The molecule has 0 bridgehead atoms. The Morgan fingerprint density at radius 3 is 2.61 bits per heavy atom. The Balaban J connectivity index is 1.45. The number of hydrogen-bond acceptors (Lipinski definition) is 6. The smallest absolute Gasteiger partial charge is 0.309 e. The molecule has 0 saturated heterocycles. The van der Waals surface area contributed by atoms with Crippen molar-refractivity contribution in [1.29, 1.82) is 0 Å². The fraction of sp³-hybridized carbons (Fsp3) is 0.414. The molecule has 1 atom stereocenters. The van der Waals surface area contributed by atoms with Gasteiger partial charge in [-0.3, -0.25) is 4.79 Å². The standard InChI is InChI=1S/C29H33FN4O2/c1-19-26(18-36-28(35)22-9-4-3-5-10-22)32-29(31-24-14-12-23(30)13-15-24)33-27(19)34-17-16-21-8-6-7-11-25(21)20(34)2/h6-8,11-15,20,22H,3-5,9-10,16-18H2,1-2H3,(H,31,32,33). The summed E-state index contributed by atoms with van der Waals surface area (Å²) in [6.07, 6.45) is 6.07. The SMILES string of the molecule is Cc1c(COC(=O)C2CCCCC2)nc(Nc2ccc(F)cc2)nc1N1CCc2ccccc2C1C. The van der Waals surface area contributed by atoms with Crippen molar-refractivity contribution < 1.29 is 13.9 Å². The van der Waals surface area contributed by atoms with Crippen LogP contribution in [-0.2, 0) is 22.6 Å². The van der Waals surface area contributed by atoms with Crippen molar-refractivity contribution in [3.05, 3.63) is 76.7 Å². The highest BCUT2D eigenvalue weighted by molar-refractivity contribution is 5.72. The van der Waals surface area contributed by atoms with Crippen molar-refractivity contribution in [2.45, 2.75) is 65.0 Å². The molecular weight excluding hydrogens is 455 g/mol. The van der Waals surface area contributed by atoms with E-state index in [-0.39, 0.29) is 30.4 Å². The molecule has 1 fully saturated rings. The number of nitrogens with zero attached hydrogens (tertiary/aromatic N) is 3. The van der Waals surface area contributed by atoms with Gasteiger partial charge in [-0.15, -0.1) is 0 Å². The maximum absolute atomic E-state index is 13.4. The van der Waals surface area contributed by atoms with E-state index in [1.807, 2.05) is 6.92 Å². The number of carbonyl (C=O) groups excluding carboxylic acids is 1. The van der Waals surface area contributed by atoms with Gasteiger partial charge in [0.1, 0.15) is 18.2 Å². The lowest BCUT2D eigenvalue weighted by Gasteiger charge is -2.37. The Labute approximate surface area is 211 Å². The first kappa shape index (κ1) is 24.2. The van der Waals surface area contributed by atoms with Crippen molar-refractivity contribution in [2.75, 3.05) is 16.8 Å². The minimum absolute atomic E-state index is 0.0178. The molecule has 0 spiro atoms. The largest absolute Gasteiger partial charge is 0.459 e. The Bertz CT molecular complexity index is 1220. The molecule has 5 rings (SSSR count). The predicted octanol–water partition coefficient (Wildman–Crippen LogP) is 6.41. The third-order valence-corrected chi connectivity index (χ3v) is 7.48. The number of carbonyl (C=O) groups is 1. The molecule has 2 aromatic carbocycles. The second kappa shape index (κ2) is 10.6. The van der Waals surface area contributed by atoms with Crippen molar-refractivity contribution in [2.24, 2.45) is 5.92 Å². The number of esters is 1. The summed E-state index contributed by atoms with van der Waals surface area (Å²) in [7, 11) is 0. The van der Waals surface area contributed by atoms with Gasteiger partial charge in [0, 0.05) is 17.8 Å². The maximum atomic E-state index is 13.4. The van der Waals surface area contributed by atoms with Crippen LogP contribution in [0.1, 0.15) is 67.5 Å². The number of rotatable bonds is 6. The summed E-state index contributed by atoms with van der Waals surface area (Å²) >= 11 is 0. The molecule has 1 aliphatic carbocycles. The first-order valence-corrected chi connectivity index (χ1v) is 12.9. The molecule has 1 N–H and O–H groups in total. The van der Waals surface area contributed by atoms with Gasteiger partial charge in [-0.2, -0.15) is 4.98 Å². The summed E-state index contributed by atoms with van der Waals surface area (Å²) < 4.78 is 19.2. The second-order valence-electron chi connectivity index (χ2n) is 9.84. The zero-order chi connectivity index (χ0) is 25.1. The molecule has 1 aromatic heterocycles. The molecule has 0 radical (unpaired) electrons. The normalized spacial score (nSPS) is 18.0. The minimum atomic E-state index is -0.304. The first-order valence-electron chi connectivity index (χ1n) is 12.9. The van der Waals surface area contributed by atoms with E-state index in [9.17, 15) is 9.18 Å². The fourth-order valence-electron chi connectivity index (χ4n) is 5.35. The lowest BCUT2D eigenvalue weighted by Crippen LogP contribution is -2.35. The van der Waals surface area contributed by atoms with Crippen LogP contribution in [0.15, 0.2) is 48.5 Å². The number of benzene rings is 2. The summed E-state index contributed by atoms with van der Waals surface area (Å²) in [6, 6.07) is 14.8. The number of anilines is 3. The van der Waals surface area contributed by atoms with Crippen LogP contribution >= 0.6 is 0 Å². The quantitative estimate of drug-likeness (QED) is 0.404. The number of ether oxygens (including phenoxy) is 1. The van der Waals surface area contributed by atoms with Crippen LogP contribution in [0, 0.1) is 18.7 Å². The third-order valence-electron chi connectivity index (χ3n) is 7.48. The zero-order valence-corrected chi connectivity index (χ0v) is 21.0. The average molecular weight is 489 g/mol. The summed E-state index contributed by atoms with van der Waals surface area (Å²) in [5, 5.41) is 3.21. The Morgan fingerprint density at radius 2 is 1.83 bits per heavy atom. The van der Waals surface area contributed by atoms with Crippen LogP contribution in [0.3, 0.4) is 0 Å². The Kier molecular flexibility index (Phi) is 7.16. The lowest BCUT2D eigenvalue weighted by atomic mass is 9.89. The van der Waals surface area contributed by atoms with Gasteiger partial charge >= 0.3 is 5.97 Å². The number of aromatic nitrogens is 2. The van der Waals surface area contributed by atoms with Crippen molar-refractivity contribution >= 4 is 23.4 Å². The monoisotopic (exact) mass is 488 g/mol. The molecule has 188 valence electrons.